The molecule has 0 spiro atoms. The lowest BCUT2D eigenvalue weighted by Gasteiger charge is -2.30. The fourth-order valence-electron chi connectivity index (χ4n) is 3.57. The van der Waals surface area contributed by atoms with Crippen LogP contribution in [-0.4, -0.2) is 46.9 Å². The van der Waals surface area contributed by atoms with E-state index in [2.05, 4.69) is 27.8 Å². The van der Waals surface area contributed by atoms with Crippen LogP contribution in [0.3, 0.4) is 0 Å². The van der Waals surface area contributed by atoms with Crippen molar-refractivity contribution >= 4 is 29.9 Å². The van der Waals surface area contributed by atoms with Crippen LogP contribution in [0.1, 0.15) is 37.7 Å². The molecule has 0 radical (unpaired) electrons. The number of aliphatic imine (C=N–C) groups is 1. The van der Waals surface area contributed by atoms with E-state index in [9.17, 15) is 0 Å². The maximum atomic E-state index is 5.31. The Labute approximate surface area is 175 Å². The van der Waals surface area contributed by atoms with Crippen molar-refractivity contribution in [2.45, 2.75) is 38.5 Å². The van der Waals surface area contributed by atoms with Crippen molar-refractivity contribution in [1.82, 2.24) is 10.6 Å². The van der Waals surface area contributed by atoms with Gasteiger partial charge in [-0.15, -0.1) is 24.0 Å². The predicted molar refractivity (Wildman–Crippen MR) is 119 cm³/mol. The maximum absolute atomic E-state index is 5.31. The summed E-state index contributed by atoms with van der Waals surface area (Å²) >= 11 is 0. The first-order valence-corrected chi connectivity index (χ1v) is 9.28. The van der Waals surface area contributed by atoms with Gasteiger partial charge in [0.2, 0.25) is 0 Å². The van der Waals surface area contributed by atoms with E-state index >= 15 is 0 Å². The Morgan fingerprint density at radius 1 is 1.12 bits per heavy atom. The molecule has 0 saturated heterocycles. The van der Waals surface area contributed by atoms with Crippen LogP contribution in [0, 0.1) is 5.41 Å². The zero-order chi connectivity index (χ0) is 18.0. The summed E-state index contributed by atoms with van der Waals surface area (Å²) in [5.41, 5.74) is 1.65. The molecule has 0 aromatic heterocycles. The Balaban J connectivity index is 0.00000338. The van der Waals surface area contributed by atoms with Gasteiger partial charge in [-0.1, -0.05) is 25.0 Å². The number of guanidine groups is 1. The molecule has 0 aliphatic heterocycles. The molecule has 5 nitrogen and oxygen atoms in total. The fourth-order valence-corrected chi connectivity index (χ4v) is 3.57. The Morgan fingerprint density at radius 3 is 2.38 bits per heavy atom. The molecule has 1 aromatic carbocycles. The van der Waals surface area contributed by atoms with Crippen molar-refractivity contribution < 1.29 is 9.47 Å². The molecule has 1 aliphatic carbocycles. The third-order valence-electron chi connectivity index (χ3n) is 5.22. The first-order chi connectivity index (χ1) is 12.2. The maximum Gasteiger partial charge on any atom is 0.191 e. The molecular formula is C20H34IN3O2. The molecule has 2 rings (SSSR count). The summed E-state index contributed by atoms with van der Waals surface area (Å²) in [5, 5.41) is 6.95. The lowest BCUT2D eigenvalue weighted by atomic mass is 9.83. The molecule has 1 fully saturated rings. The van der Waals surface area contributed by atoms with Gasteiger partial charge in [0.15, 0.2) is 5.96 Å². The minimum Gasteiger partial charge on any atom is -0.497 e. The number of methoxy groups -OCH3 is 2. The first kappa shape index (κ1) is 23.0. The molecule has 0 unspecified atom stereocenters. The van der Waals surface area contributed by atoms with Gasteiger partial charge >= 0.3 is 0 Å². The van der Waals surface area contributed by atoms with Gasteiger partial charge in [-0.3, -0.25) is 4.99 Å². The summed E-state index contributed by atoms with van der Waals surface area (Å²) in [6.45, 7) is 2.67. The van der Waals surface area contributed by atoms with Gasteiger partial charge in [0.1, 0.15) is 5.75 Å². The standard InChI is InChI=1S/C20H33N3O2.HI/c1-21-19(22-14-10-17-6-8-18(25-3)9-7-17)23-16-20(13-15-24-2)11-4-5-12-20;/h6-9H,4-5,10-16H2,1-3H3,(H2,21,22,23);1H. The lowest BCUT2D eigenvalue weighted by Crippen LogP contribution is -2.43. The molecule has 26 heavy (non-hydrogen) atoms. The molecule has 0 amide bonds. The van der Waals surface area contributed by atoms with Gasteiger partial charge in [-0.05, 0) is 48.8 Å². The van der Waals surface area contributed by atoms with Crippen LogP contribution < -0.4 is 15.4 Å². The van der Waals surface area contributed by atoms with E-state index in [0.29, 0.717) is 5.41 Å². The highest BCUT2D eigenvalue weighted by atomic mass is 127. The average molecular weight is 475 g/mol. The predicted octanol–water partition coefficient (Wildman–Crippen LogP) is 3.62. The minimum absolute atomic E-state index is 0. The van der Waals surface area contributed by atoms with Gasteiger partial charge < -0.3 is 20.1 Å². The second-order valence-corrected chi connectivity index (χ2v) is 6.90. The third kappa shape index (κ3) is 7.31. The van der Waals surface area contributed by atoms with E-state index in [4.69, 9.17) is 9.47 Å². The van der Waals surface area contributed by atoms with Gasteiger partial charge in [-0.25, -0.2) is 0 Å². The highest BCUT2D eigenvalue weighted by Crippen LogP contribution is 2.40. The summed E-state index contributed by atoms with van der Waals surface area (Å²) in [6, 6.07) is 8.22. The molecule has 2 N–H and O–H groups in total. The number of hydrogen-bond donors (Lipinski definition) is 2. The largest absolute Gasteiger partial charge is 0.497 e. The number of ether oxygens (including phenoxy) is 2. The number of rotatable bonds is 9. The van der Waals surface area contributed by atoms with Crippen LogP contribution in [0.2, 0.25) is 0 Å². The SMILES string of the molecule is CN=C(NCCc1ccc(OC)cc1)NCC1(CCOC)CCCC1.I. The summed E-state index contributed by atoms with van der Waals surface area (Å²) in [7, 11) is 5.31. The normalized spacial score (nSPS) is 16.0. The summed E-state index contributed by atoms with van der Waals surface area (Å²) < 4.78 is 10.5. The molecule has 1 aliphatic rings. The molecule has 0 atom stereocenters. The lowest BCUT2D eigenvalue weighted by molar-refractivity contribution is 0.138. The van der Waals surface area contributed by atoms with Crippen molar-refractivity contribution in [2.24, 2.45) is 10.4 Å². The van der Waals surface area contributed by atoms with Crippen LogP contribution in [0.25, 0.3) is 0 Å². The van der Waals surface area contributed by atoms with E-state index in [-0.39, 0.29) is 24.0 Å². The third-order valence-corrected chi connectivity index (χ3v) is 5.22. The van der Waals surface area contributed by atoms with Crippen LogP contribution in [0.4, 0.5) is 0 Å². The monoisotopic (exact) mass is 475 g/mol. The highest BCUT2D eigenvalue weighted by Gasteiger charge is 2.33. The number of halogens is 1. The summed E-state index contributed by atoms with van der Waals surface area (Å²) in [5.74, 6) is 1.78. The summed E-state index contributed by atoms with van der Waals surface area (Å²) in [4.78, 5) is 4.36. The Hall–Kier alpha value is -1.02. The highest BCUT2D eigenvalue weighted by molar-refractivity contribution is 14.0. The average Bonchev–Trinajstić information content (AvgIpc) is 3.12. The van der Waals surface area contributed by atoms with Crippen LogP contribution in [-0.2, 0) is 11.2 Å². The van der Waals surface area contributed by atoms with Gasteiger partial charge in [0.05, 0.1) is 7.11 Å². The smallest absolute Gasteiger partial charge is 0.191 e. The molecule has 1 saturated carbocycles. The number of benzene rings is 1. The van der Waals surface area contributed by atoms with Crippen molar-refractivity contribution in [3.63, 3.8) is 0 Å². The molecular weight excluding hydrogens is 441 g/mol. The number of hydrogen-bond acceptors (Lipinski definition) is 3. The van der Waals surface area contributed by atoms with Gasteiger partial charge in [-0.2, -0.15) is 0 Å². The number of nitrogens with one attached hydrogen (secondary N) is 2. The number of nitrogens with zero attached hydrogens (tertiary/aromatic N) is 1. The van der Waals surface area contributed by atoms with Crippen LogP contribution >= 0.6 is 24.0 Å². The van der Waals surface area contributed by atoms with Crippen molar-refractivity contribution in [1.29, 1.82) is 0 Å². The van der Waals surface area contributed by atoms with E-state index in [1.54, 1.807) is 14.2 Å². The summed E-state index contributed by atoms with van der Waals surface area (Å²) in [6.07, 6.45) is 7.31. The van der Waals surface area contributed by atoms with E-state index < -0.39 is 0 Å². The van der Waals surface area contributed by atoms with E-state index in [1.165, 1.54) is 31.2 Å². The molecule has 148 valence electrons. The molecule has 0 heterocycles. The van der Waals surface area contributed by atoms with Crippen LogP contribution in [0.15, 0.2) is 29.3 Å². The van der Waals surface area contributed by atoms with E-state index in [0.717, 1.165) is 44.2 Å². The Morgan fingerprint density at radius 2 is 1.81 bits per heavy atom. The Bertz CT molecular complexity index is 528. The topological polar surface area (TPSA) is 54.9 Å². The zero-order valence-corrected chi connectivity index (χ0v) is 18.7. The van der Waals surface area contributed by atoms with Crippen molar-refractivity contribution in [2.75, 3.05) is 41.0 Å². The van der Waals surface area contributed by atoms with Crippen LogP contribution in [0.5, 0.6) is 5.75 Å². The Kier molecular flexibility index (Phi) is 11.0. The fraction of sp³-hybridized carbons (Fsp3) is 0.650. The van der Waals surface area contributed by atoms with E-state index in [1.807, 2.05) is 19.2 Å². The second kappa shape index (κ2) is 12.4. The van der Waals surface area contributed by atoms with Crippen molar-refractivity contribution in [3.8, 4) is 5.75 Å². The minimum atomic E-state index is 0. The molecule has 0 bridgehead atoms. The van der Waals surface area contributed by atoms with Crippen molar-refractivity contribution in [3.05, 3.63) is 29.8 Å². The second-order valence-electron chi connectivity index (χ2n) is 6.90. The molecule has 1 aromatic rings. The van der Waals surface area contributed by atoms with Gasteiger partial charge in [0, 0.05) is 33.9 Å². The van der Waals surface area contributed by atoms with Gasteiger partial charge in [0.25, 0.3) is 0 Å². The quantitative estimate of drug-likeness (QED) is 0.326. The first-order valence-electron chi connectivity index (χ1n) is 9.28. The zero-order valence-electron chi connectivity index (χ0n) is 16.3. The molecule has 6 heteroatoms.